The van der Waals surface area contributed by atoms with Gasteiger partial charge in [-0.05, 0) is 18.9 Å². The zero-order valence-corrected chi connectivity index (χ0v) is 5.54. The normalized spacial score (nSPS) is 17.2. The summed E-state index contributed by atoms with van der Waals surface area (Å²) in [5.41, 5.74) is 0.725. The summed E-state index contributed by atoms with van der Waals surface area (Å²) in [6.45, 7) is 0. The van der Waals surface area contributed by atoms with Crippen molar-refractivity contribution in [2.45, 2.75) is 18.8 Å². The van der Waals surface area contributed by atoms with E-state index in [0.717, 1.165) is 17.6 Å². The molecule has 1 aliphatic carbocycles. The van der Waals surface area contributed by atoms with E-state index in [0.29, 0.717) is 5.92 Å². The van der Waals surface area contributed by atoms with Crippen LogP contribution in [0.2, 0.25) is 0 Å². The van der Waals surface area contributed by atoms with Gasteiger partial charge in [0.05, 0.1) is 11.8 Å². The van der Waals surface area contributed by atoms with Gasteiger partial charge in [0.15, 0.2) is 6.29 Å². The second-order valence-electron chi connectivity index (χ2n) is 2.63. The van der Waals surface area contributed by atoms with Gasteiger partial charge in [0.25, 0.3) is 0 Å². The number of hydrogen-bond acceptors (Lipinski definition) is 2. The quantitative estimate of drug-likeness (QED) is 0.582. The van der Waals surface area contributed by atoms with E-state index in [4.69, 9.17) is 4.42 Å². The molecule has 2 nitrogen and oxygen atoms in total. The van der Waals surface area contributed by atoms with Crippen LogP contribution in [0, 0.1) is 0 Å². The Kier molecular flexibility index (Phi) is 1.13. The lowest BCUT2D eigenvalue weighted by Gasteiger charge is -1.88. The second kappa shape index (κ2) is 1.97. The predicted molar refractivity (Wildman–Crippen MR) is 36.1 cm³/mol. The summed E-state index contributed by atoms with van der Waals surface area (Å²) in [7, 11) is 0. The van der Waals surface area contributed by atoms with Gasteiger partial charge in [0.2, 0.25) is 0 Å². The number of aldehydes is 1. The first kappa shape index (κ1) is 5.71. The Morgan fingerprint density at radius 1 is 1.60 bits per heavy atom. The first-order valence-corrected chi connectivity index (χ1v) is 3.44. The van der Waals surface area contributed by atoms with Gasteiger partial charge < -0.3 is 4.42 Å². The Bertz CT molecular complexity index is 246. The minimum absolute atomic E-state index is 0.537. The van der Waals surface area contributed by atoms with Crippen LogP contribution >= 0.6 is 0 Å². The fraction of sp³-hybridized carbons (Fsp3) is 0.375. The largest absolute Gasteiger partial charge is 0.468 e. The third-order valence-electron chi connectivity index (χ3n) is 1.80. The van der Waals surface area contributed by atoms with Gasteiger partial charge in [0, 0.05) is 5.92 Å². The summed E-state index contributed by atoms with van der Waals surface area (Å²) in [6.07, 6.45) is 4.79. The Hall–Kier alpha value is -1.05. The fourth-order valence-electron chi connectivity index (χ4n) is 1.11. The van der Waals surface area contributed by atoms with Gasteiger partial charge in [-0.25, -0.2) is 0 Å². The Morgan fingerprint density at radius 2 is 2.40 bits per heavy atom. The highest BCUT2D eigenvalue weighted by atomic mass is 16.3. The van der Waals surface area contributed by atoms with E-state index in [2.05, 4.69) is 0 Å². The molecule has 0 aromatic carbocycles. The molecule has 10 heavy (non-hydrogen) atoms. The highest BCUT2D eigenvalue weighted by molar-refractivity contribution is 5.76. The molecule has 0 atom stereocenters. The standard InChI is InChI=1S/C8H8O2/c9-5-7-3-4-10-8(7)6-1-2-6/h3-6H,1-2H2. The monoisotopic (exact) mass is 136 g/mol. The van der Waals surface area contributed by atoms with E-state index in [1.807, 2.05) is 0 Å². The summed E-state index contributed by atoms with van der Waals surface area (Å²) in [5, 5.41) is 0. The molecule has 1 aliphatic rings. The van der Waals surface area contributed by atoms with Crippen LogP contribution in [-0.2, 0) is 0 Å². The molecule has 2 rings (SSSR count). The molecule has 1 aromatic rings. The van der Waals surface area contributed by atoms with Crippen molar-refractivity contribution in [3.63, 3.8) is 0 Å². The SMILES string of the molecule is O=Cc1ccoc1C1CC1. The lowest BCUT2D eigenvalue weighted by Crippen LogP contribution is -1.81. The average Bonchev–Trinajstić information content (AvgIpc) is 2.69. The van der Waals surface area contributed by atoms with Crippen LogP contribution in [0.3, 0.4) is 0 Å². The van der Waals surface area contributed by atoms with Gasteiger partial charge in [-0.3, -0.25) is 4.79 Å². The molecule has 2 heteroatoms. The second-order valence-corrected chi connectivity index (χ2v) is 2.63. The lowest BCUT2D eigenvalue weighted by atomic mass is 10.2. The highest BCUT2D eigenvalue weighted by Crippen LogP contribution is 2.41. The Labute approximate surface area is 58.8 Å². The number of rotatable bonds is 2. The Morgan fingerprint density at radius 3 is 3.00 bits per heavy atom. The van der Waals surface area contributed by atoms with Gasteiger partial charge >= 0.3 is 0 Å². The van der Waals surface area contributed by atoms with E-state index >= 15 is 0 Å². The van der Waals surface area contributed by atoms with Crippen LogP contribution in [-0.4, -0.2) is 6.29 Å². The van der Waals surface area contributed by atoms with Crippen LogP contribution in [0.25, 0.3) is 0 Å². The molecule has 52 valence electrons. The molecule has 1 fully saturated rings. The number of furan rings is 1. The van der Waals surface area contributed by atoms with Gasteiger partial charge in [0.1, 0.15) is 5.76 Å². The average molecular weight is 136 g/mol. The summed E-state index contributed by atoms with van der Waals surface area (Å²) in [6, 6.07) is 1.72. The molecule has 1 aromatic heterocycles. The molecule has 0 aliphatic heterocycles. The van der Waals surface area contributed by atoms with Gasteiger partial charge in [-0.2, -0.15) is 0 Å². The first-order valence-electron chi connectivity index (χ1n) is 3.44. The van der Waals surface area contributed by atoms with Crippen molar-refractivity contribution in [3.8, 4) is 0 Å². The molecule has 0 amide bonds. The van der Waals surface area contributed by atoms with Crippen LogP contribution in [0.1, 0.15) is 34.9 Å². The van der Waals surface area contributed by atoms with Crippen molar-refractivity contribution in [3.05, 3.63) is 23.7 Å². The van der Waals surface area contributed by atoms with Crippen LogP contribution < -0.4 is 0 Å². The topological polar surface area (TPSA) is 30.2 Å². The van der Waals surface area contributed by atoms with E-state index < -0.39 is 0 Å². The van der Waals surface area contributed by atoms with E-state index in [9.17, 15) is 4.79 Å². The van der Waals surface area contributed by atoms with Crippen molar-refractivity contribution >= 4 is 6.29 Å². The smallest absolute Gasteiger partial charge is 0.153 e. The van der Waals surface area contributed by atoms with Crippen molar-refractivity contribution in [1.29, 1.82) is 0 Å². The summed E-state index contributed by atoms with van der Waals surface area (Å²) in [4.78, 5) is 10.4. The molecule has 1 saturated carbocycles. The zero-order chi connectivity index (χ0) is 6.97. The summed E-state index contributed by atoms with van der Waals surface area (Å²) < 4.78 is 5.15. The number of carbonyl (C=O) groups is 1. The van der Waals surface area contributed by atoms with Gasteiger partial charge in [-0.15, -0.1) is 0 Å². The maximum Gasteiger partial charge on any atom is 0.153 e. The third-order valence-corrected chi connectivity index (χ3v) is 1.80. The number of hydrogen-bond donors (Lipinski definition) is 0. The van der Waals surface area contributed by atoms with Crippen molar-refractivity contribution in [2.24, 2.45) is 0 Å². The molecule has 0 unspecified atom stereocenters. The van der Waals surface area contributed by atoms with E-state index in [1.165, 1.54) is 12.8 Å². The third kappa shape index (κ3) is 0.764. The van der Waals surface area contributed by atoms with Crippen molar-refractivity contribution < 1.29 is 9.21 Å². The maximum absolute atomic E-state index is 10.4. The lowest BCUT2D eigenvalue weighted by molar-refractivity contribution is 0.112. The Balaban J connectivity index is 2.37. The van der Waals surface area contributed by atoms with Gasteiger partial charge in [-0.1, -0.05) is 0 Å². The van der Waals surface area contributed by atoms with Crippen LogP contribution in [0.15, 0.2) is 16.7 Å². The maximum atomic E-state index is 10.4. The molecule has 0 N–H and O–H groups in total. The van der Waals surface area contributed by atoms with Crippen LogP contribution in [0.4, 0.5) is 0 Å². The molecule has 0 spiro atoms. The molecule has 0 saturated heterocycles. The predicted octanol–water partition coefficient (Wildman–Crippen LogP) is 1.97. The molecule has 1 heterocycles. The van der Waals surface area contributed by atoms with Crippen LogP contribution in [0.5, 0.6) is 0 Å². The molecular weight excluding hydrogens is 128 g/mol. The first-order chi connectivity index (χ1) is 4.92. The van der Waals surface area contributed by atoms with E-state index in [-0.39, 0.29) is 0 Å². The molecule has 0 bridgehead atoms. The minimum Gasteiger partial charge on any atom is -0.468 e. The summed E-state index contributed by atoms with van der Waals surface area (Å²) in [5.74, 6) is 1.42. The fourth-order valence-corrected chi connectivity index (χ4v) is 1.11. The number of carbonyl (C=O) groups excluding carboxylic acids is 1. The highest BCUT2D eigenvalue weighted by Gasteiger charge is 2.28. The molecular formula is C8H8O2. The van der Waals surface area contributed by atoms with Crippen molar-refractivity contribution in [1.82, 2.24) is 0 Å². The van der Waals surface area contributed by atoms with Crippen molar-refractivity contribution in [2.75, 3.05) is 0 Å². The summed E-state index contributed by atoms with van der Waals surface area (Å²) >= 11 is 0. The minimum atomic E-state index is 0.537. The molecule has 0 radical (unpaired) electrons. The van der Waals surface area contributed by atoms with E-state index in [1.54, 1.807) is 12.3 Å². The zero-order valence-electron chi connectivity index (χ0n) is 5.54.